The molecule has 0 aliphatic heterocycles. The predicted octanol–water partition coefficient (Wildman–Crippen LogP) is 1.89. The van der Waals surface area contributed by atoms with Crippen molar-refractivity contribution in [1.29, 1.82) is 0 Å². The van der Waals surface area contributed by atoms with Gasteiger partial charge in [0.15, 0.2) is 0 Å². The smallest absolute Gasteiger partial charge is 0.407 e. The fraction of sp³-hybridized carbons (Fsp3) is 0.917. The molecule has 1 amide bonds. The first kappa shape index (κ1) is 13.3. The van der Waals surface area contributed by atoms with Gasteiger partial charge in [-0.25, -0.2) is 4.79 Å². The molecule has 0 radical (unpaired) electrons. The molecule has 0 aromatic rings. The third-order valence-corrected chi connectivity index (χ3v) is 3.40. The monoisotopic (exact) mass is 228 g/mol. The lowest BCUT2D eigenvalue weighted by molar-refractivity contribution is 0.0788. The van der Waals surface area contributed by atoms with Crippen LogP contribution in [0.2, 0.25) is 0 Å². The van der Waals surface area contributed by atoms with Crippen molar-refractivity contribution in [2.75, 3.05) is 13.7 Å². The predicted molar refractivity (Wildman–Crippen MR) is 64.1 cm³/mol. The summed E-state index contributed by atoms with van der Waals surface area (Å²) in [6.07, 6.45) is 2.64. The number of rotatable bonds is 2. The van der Waals surface area contributed by atoms with E-state index in [0.717, 1.165) is 12.8 Å². The third kappa shape index (κ3) is 3.11. The molecule has 2 unspecified atom stereocenters. The maximum absolute atomic E-state index is 11.4. The zero-order chi connectivity index (χ0) is 12.4. The van der Waals surface area contributed by atoms with Gasteiger partial charge in [0.05, 0.1) is 12.6 Å². The highest BCUT2D eigenvalue weighted by Gasteiger charge is 2.43. The van der Waals surface area contributed by atoms with E-state index in [1.807, 2.05) is 0 Å². The molecule has 0 aromatic heterocycles. The fourth-order valence-electron chi connectivity index (χ4n) is 3.31. The summed E-state index contributed by atoms with van der Waals surface area (Å²) in [5, 5.41) is 2.93. The SMILES string of the molecule is COC(=O)NC1(CN)CC(C)CC(C)(C)C1. The van der Waals surface area contributed by atoms with E-state index in [1.54, 1.807) is 0 Å². The molecule has 0 bridgehead atoms. The molecular weight excluding hydrogens is 204 g/mol. The Balaban J connectivity index is 2.81. The molecule has 94 valence electrons. The first-order valence-corrected chi connectivity index (χ1v) is 5.89. The first-order chi connectivity index (χ1) is 7.32. The summed E-state index contributed by atoms with van der Waals surface area (Å²) in [4.78, 5) is 11.4. The molecule has 1 rings (SSSR count). The Morgan fingerprint density at radius 2 is 2.12 bits per heavy atom. The van der Waals surface area contributed by atoms with Crippen LogP contribution < -0.4 is 11.1 Å². The zero-order valence-electron chi connectivity index (χ0n) is 10.8. The second kappa shape index (κ2) is 4.62. The fourth-order valence-corrected chi connectivity index (χ4v) is 3.31. The average Bonchev–Trinajstić information content (AvgIpc) is 2.14. The van der Waals surface area contributed by atoms with Gasteiger partial charge in [-0.15, -0.1) is 0 Å². The van der Waals surface area contributed by atoms with Crippen molar-refractivity contribution in [2.24, 2.45) is 17.1 Å². The van der Waals surface area contributed by atoms with E-state index in [9.17, 15) is 4.79 Å². The maximum Gasteiger partial charge on any atom is 0.407 e. The van der Waals surface area contributed by atoms with Gasteiger partial charge < -0.3 is 15.8 Å². The summed E-state index contributed by atoms with van der Waals surface area (Å²) >= 11 is 0. The molecule has 4 heteroatoms. The molecule has 1 saturated carbocycles. The van der Waals surface area contributed by atoms with E-state index in [2.05, 4.69) is 30.8 Å². The van der Waals surface area contributed by atoms with E-state index in [-0.39, 0.29) is 17.0 Å². The molecule has 0 heterocycles. The Kier molecular flexibility index (Phi) is 3.84. The van der Waals surface area contributed by atoms with E-state index in [0.29, 0.717) is 12.5 Å². The number of carbonyl (C=O) groups is 1. The van der Waals surface area contributed by atoms with E-state index >= 15 is 0 Å². The van der Waals surface area contributed by atoms with Crippen molar-refractivity contribution in [1.82, 2.24) is 5.32 Å². The minimum atomic E-state index is -0.379. The van der Waals surface area contributed by atoms with Crippen molar-refractivity contribution < 1.29 is 9.53 Å². The number of methoxy groups -OCH3 is 1. The van der Waals surface area contributed by atoms with Crippen molar-refractivity contribution in [3.63, 3.8) is 0 Å². The highest BCUT2D eigenvalue weighted by atomic mass is 16.5. The number of hydrogen-bond acceptors (Lipinski definition) is 3. The zero-order valence-corrected chi connectivity index (χ0v) is 10.8. The van der Waals surface area contributed by atoms with Crippen molar-refractivity contribution >= 4 is 6.09 Å². The van der Waals surface area contributed by atoms with Crippen LogP contribution >= 0.6 is 0 Å². The number of hydrogen-bond donors (Lipinski definition) is 2. The molecule has 0 saturated heterocycles. The van der Waals surface area contributed by atoms with Gasteiger partial charge in [-0.2, -0.15) is 0 Å². The van der Waals surface area contributed by atoms with Crippen LogP contribution in [0, 0.1) is 11.3 Å². The van der Waals surface area contributed by atoms with Crippen LogP contribution in [0.4, 0.5) is 4.79 Å². The van der Waals surface area contributed by atoms with Gasteiger partial charge in [-0.1, -0.05) is 20.8 Å². The third-order valence-electron chi connectivity index (χ3n) is 3.40. The van der Waals surface area contributed by atoms with Gasteiger partial charge in [-0.05, 0) is 30.6 Å². The molecule has 0 aromatic carbocycles. The lowest BCUT2D eigenvalue weighted by Gasteiger charge is -2.47. The van der Waals surface area contributed by atoms with Crippen molar-refractivity contribution in [3.05, 3.63) is 0 Å². The topological polar surface area (TPSA) is 64.3 Å². The first-order valence-electron chi connectivity index (χ1n) is 5.89. The van der Waals surface area contributed by atoms with Crippen molar-refractivity contribution in [2.45, 2.75) is 45.6 Å². The van der Waals surface area contributed by atoms with Crippen LogP contribution in [-0.2, 0) is 4.74 Å². The summed E-state index contributed by atoms with van der Waals surface area (Å²) in [6, 6.07) is 0. The number of nitrogens with one attached hydrogen (secondary N) is 1. The molecular formula is C12H24N2O2. The van der Waals surface area contributed by atoms with E-state index in [1.165, 1.54) is 13.5 Å². The molecule has 1 fully saturated rings. The van der Waals surface area contributed by atoms with Gasteiger partial charge in [-0.3, -0.25) is 0 Å². The highest BCUT2D eigenvalue weighted by molar-refractivity contribution is 5.68. The molecule has 0 spiro atoms. The van der Waals surface area contributed by atoms with Gasteiger partial charge in [0, 0.05) is 6.54 Å². The lowest BCUT2D eigenvalue weighted by Crippen LogP contribution is -2.58. The van der Waals surface area contributed by atoms with Gasteiger partial charge in [0.2, 0.25) is 0 Å². The normalized spacial score (nSPS) is 33.2. The van der Waals surface area contributed by atoms with Crippen LogP contribution in [0.15, 0.2) is 0 Å². The molecule has 4 nitrogen and oxygen atoms in total. The second-order valence-corrected chi connectivity index (χ2v) is 5.96. The molecule has 1 aliphatic rings. The second-order valence-electron chi connectivity index (χ2n) is 5.96. The summed E-state index contributed by atoms with van der Waals surface area (Å²) in [6.45, 7) is 7.14. The summed E-state index contributed by atoms with van der Waals surface area (Å²) in [5.41, 5.74) is 5.78. The van der Waals surface area contributed by atoms with E-state index in [4.69, 9.17) is 5.73 Å². The minimum absolute atomic E-state index is 0.220. The Bertz CT molecular complexity index is 266. The largest absolute Gasteiger partial charge is 0.453 e. The maximum atomic E-state index is 11.4. The molecule has 2 atom stereocenters. The van der Waals surface area contributed by atoms with Gasteiger partial charge in [0.1, 0.15) is 0 Å². The quantitative estimate of drug-likeness (QED) is 0.758. The molecule has 16 heavy (non-hydrogen) atoms. The lowest BCUT2D eigenvalue weighted by atomic mass is 9.64. The standard InChI is InChI=1S/C12H24N2O2/c1-9-5-11(2,3)7-12(6-9,8-13)14-10(15)16-4/h9H,5-8,13H2,1-4H3,(H,14,15). The Morgan fingerprint density at radius 3 is 2.56 bits per heavy atom. The number of amides is 1. The van der Waals surface area contributed by atoms with Crippen LogP contribution in [0.5, 0.6) is 0 Å². The van der Waals surface area contributed by atoms with Gasteiger partial charge in [0.25, 0.3) is 0 Å². The van der Waals surface area contributed by atoms with Crippen LogP contribution in [0.3, 0.4) is 0 Å². The van der Waals surface area contributed by atoms with Crippen LogP contribution in [0.25, 0.3) is 0 Å². The Hall–Kier alpha value is -0.770. The minimum Gasteiger partial charge on any atom is -0.453 e. The summed E-state index contributed by atoms with van der Waals surface area (Å²) in [7, 11) is 1.39. The summed E-state index contributed by atoms with van der Waals surface area (Å²) < 4.78 is 4.68. The highest BCUT2D eigenvalue weighted by Crippen LogP contribution is 2.43. The molecule has 3 N–H and O–H groups in total. The van der Waals surface area contributed by atoms with Crippen LogP contribution in [-0.4, -0.2) is 25.3 Å². The number of nitrogens with two attached hydrogens (primary N) is 1. The van der Waals surface area contributed by atoms with Gasteiger partial charge >= 0.3 is 6.09 Å². The van der Waals surface area contributed by atoms with Crippen LogP contribution in [0.1, 0.15) is 40.0 Å². The number of ether oxygens (including phenoxy) is 1. The number of carbonyl (C=O) groups excluding carboxylic acids is 1. The van der Waals surface area contributed by atoms with Crippen molar-refractivity contribution in [3.8, 4) is 0 Å². The van der Waals surface area contributed by atoms with E-state index < -0.39 is 0 Å². The molecule has 1 aliphatic carbocycles. The Morgan fingerprint density at radius 1 is 1.50 bits per heavy atom. The Labute approximate surface area is 97.9 Å². The average molecular weight is 228 g/mol. The number of alkyl carbamates (subject to hydrolysis) is 1. The summed E-state index contributed by atoms with van der Waals surface area (Å²) in [5.74, 6) is 0.574.